The number of aliphatic carboxylic acids is 1. The van der Waals surface area contributed by atoms with Crippen LogP contribution in [0.5, 0.6) is 0 Å². The van der Waals surface area contributed by atoms with Crippen LogP contribution in [0.15, 0.2) is 18.2 Å². The fourth-order valence-corrected chi connectivity index (χ4v) is 2.29. The van der Waals surface area contributed by atoms with E-state index in [0.717, 1.165) is 12.0 Å². The lowest BCUT2D eigenvalue weighted by Gasteiger charge is -2.42. The van der Waals surface area contributed by atoms with Crippen molar-refractivity contribution in [2.45, 2.75) is 19.4 Å². The Labute approximate surface area is 99.9 Å². The molecule has 0 spiro atoms. The Balaban J connectivity index is 2.06. The summed E-state index contributed by atoms with van der Waals surface area (Å²) in [6, 6.07) is 7.46. The van der Waals surface area contributed by atoms with Crippen LogP contribution in [0.2, 0.25) is 0 Å². The average molecular weight is 236 g/mol. The number of hydrogen-bond donors (Lipinski definition) is 1. The first-order chi connectivity index (χ1) is 8.11. The van der Waals surface area contributed by atoms with Gasteiger partial charge in [0, 0.05) is 25.2 Å². The van der Waals surface area contributed by atoms with Crippen molar-refractivity contribution in [3.05, 3.63) is 35.6 Å². The molecule has 0 amide bonds. The maximum Gasteiger partial charge on any atom is 0.309 e. The number of benzene rings is 1. The SMILES string of the molecule is CC[C@@H](c1cc[c]c(F)c1)N1CC(C(=O)O)C1. The lowest BCUT2D eigenvalue weighted by molar-refractivity contribution is -0.148. The number of rotatable bonds is 4. The van der Waals surface area contributed by atoms with Crippen molar-refractivity contribution in [1.29, 1.82) is 0 Å². The Morgan fingerprint density at radius 2 is 2.41 bits per heavy atom. The molecule has 3 nitrogen and oxygen atoms in total. The van der Waals surface area contributed by atoms with Gasteiger partial charge in [0.05, 0.1) is 5.92 Å². The first-order valence-corrected chi connectivity index (χ1v) is 5.75. The molecule has 0 bridgehead atoms. The minimum absolute atomic E-state index is 0.106. The number of carboxylic acid groups (broad SMARTS) is 1. The maximum absolute atomic E-state index is 13.1. The molecule has 1 heterocycles. The van der Waals surface area contributed by atoms with E-state index in [1.807, 2.05) is 13.0 Å². The lowest BCUT2D eigenvalue weighted by Crippen LogP contribution is -2.51. The van der Waals surface area contributed by atoms with E-state index in [2.05, 4.69) is 11.0 Å². The van der Waals surface area contributed by atoms with Crippen LogP contribution in [0.25, 0.3) is 0 Å². The Hall–Kier alpha value is -1.42. The second-order valence-electron chi connectivity index (χ2n) is 4.38. The van der Waals surface area contributed by atoms with Crippen LogP contribution in [0.1, 0.15) is 24.9 Å². The molecule has 1 saturated heterocycles. The predicted molar refractivity (Wildman–Crippen MR) is 61.0 cm³/mol. The molecule has 0 aliphatic carbocycles. The van der Waals surface area contributed by atoms with E-state index < -0.39 is 5.97 Å². The highest BCUT2D eigenvalue weighted by molar-refractivity contribution is 5.71. The van der Waals surface area contributed by atoms with Gasteiger partial charge in [-0.2, -0.15) is 0 Å². The summed E-state index contributed by atoms with van der Waals surface area (Å²) in [4.78, 5) is 12.8. The second-order valence-corrected chi connectivity index (χ2v) is 4.38. The standard InChI is InChI=1S/C13H15FNO2/c1-2-12(9-4-3-5-11(14)6-9)15-7-10(8-15)13(16)17/h3-4,6,10,12H,2,7-8H2,1H3,(H,16,17)/t12-/m0/s1. The molecule has 17 heavy (non-hydrogen) atoms. The average Bonchev–Trinajstić information content (AvgIpc) is 2.21. The van der Waals surface area contributed by atoms with Crippen molar-refractivity contribution in [1.82, 2.24) is 4.90 Å². The summed E-state index contributed by atoms with van der Waals surface area (Å²) >= 11 is 0. The molecule has 91 valence electrons. The van der Waals surface area contributed by atoms with Gasteiger partial charge in [-0.15, -0.1) is 0 Å². The molecule has 4 heteroatoms. The molecule has 1 aromatic carbocycles. The summed E-state index contributed by atoms with van der Waals surface area (Å²) in [7, 11) is 0. The van der Waals surface area contributed by atoms with Crippen LogP contribution >= 0.6 is 0 Å². The molecule has 1 aliphatic rings. The van der Waals surface area contributed by atoms with Crippen molar-refractivity contribution < 1.29 is 14.3 Å². The molecular weight excluding hydrogens is 221 g/mol. The molecule has 1 aliphatic heterocycles. The van der Waals surface area contributed by atoms with E-state index in [1.165, 1.54) is 6.07 Å². The summed E-state index contributed by atoms with van der Waals surface area (Å²) in [5.74, 6) is -1.39. The molecule has 1 N–H and O–H groups in total. The lowest BCUT2D eigenvalue weighted by atomic mass is 9.93. The number of halogens is 1. The summed E-state index contributed by atoms with van der Waals surface area (Å²) in [5, 5.41) is 8.83. The van der Waals surface area contributed by atoms with Crippen LogP contribution in [0.3, 0.4) is 0 Å². The monoisotopic (exact) mass is 236 g/mol. The van der Waals surface area contributed by atoms with E-state index in [-0.39, 0.29) is 17.8 Å². The molecule has 1 fully saturated rings. The molecule has 1 radical (unpaired) electrons. The Bertz CT molecular complexity index is 416. The number of carbonyl (C=O) groups is 1. The first-order valence-electron chi connectivity index (χ1n) is 5.75. The van der Waals surface area contributed by atoms with Crippen LogP contribution in [0, 0.1) is 17.8 Å². The van der Waals surface area contributed by atoms with E-state index >= 15 is 0 Å². The largest absolute Gasteiger partial charge is 0.481 e. The van der Waals surface area contributed by atoms with Crippen molar-refractivity contribution in [2.24, 2.45) is 5.92 Å². The normalized spacial score (nSPS) is 18.7. The summed E-state index contributed by atoms with van der Waals surface area (Å²) in [6.07, 6.45) is 0.843. The van der Waals surface area contributed by atoms with E-state index in [1.54, 1.807) is 6.07 Å². The van der Waals surface area contributed by atoms with Gasteiger partial charge in [-0.1, -0.05) is 19.1 Å². The van der Waals surface area contributed by atoms with E-state index in [9.17, 15) is 9.18 Å². The van der Waals surface area contributed by atoms with Gasteiger partial charge in [0.25, 0.3) is 0 Å². The summed E-state index contributed by atoms with van der Waals surface area (Å²) in [5.41, 5.74) is 0.896. The fraction of sp³-hybridized carbons (Fsp3) is 0.462. The molecule has 0 aromatic heterocycles. The minimum atomic E-state index is -0.747. The summed E-state index contributed by atoms with van der Waals surface area (Å²) in [6.45, 7) is 3.12. The maximum atomic E-state index is 13.1. The van der Waals surface area contributed by atoms with Crippen molar-refractivity contribution in [3.8, 4) is 0 Å². The Morgan fingerprint density at radius 3 is 2.94 bits per heavy atom. The Morgan fingerprint density at radius 1 is 1.71 bits per heavy atom. The molecule has 2 rings (SSSR count). The van der Waals surface area contributed by atoms with Crippen molar-refractivity contribution in [3.63, 3.8) is 0 Å². The fourth-order valence-electron chi connectivity index (χ4n) is 2.29. The van der Waals surface area contributed by atoms with Crippen molar-refractivity contribution >= 4 is 5.97 Å². The second kappa shape index (κ2) is 4.84. The van der Waals surface area contributed by atoms with Gasteiger partial charge in [0.15, 0.2) is 0 Å². The van der Waals surface area contributed by atoms with Gasteiger partial charge in [-0.05, 0) is 18.1 Å². The molecule has 0 unspecified atom stereocenters. The minimum Gasteiger partial charge on any atom is -0.481 e. The zero-order valence-electron chi connectivity index (χ0n) is 9.69. The van der Waals surface area contributed by atoms with Gasteiger partial charge >= 0.3 is 5.97 Å². The number of likely N-dealkylation sites (tertiary alicyclic amines) is 1. The van der Waals surface area contributed by atoms with Crippen LogP contribution in [-0.4, -0.2) is 29.1 Å². The van der Waals surface area contributed by atoms with Crippen LogP contribution in [0.4, 0.5) is 4.39 Å². The quantitative estimate of drug-likeness (QED) is 0.870. The van der Waals surface area contributed by atoms with Gasteiger partial charge < -0.3 is 5.11 Å². The molecule has 1 aromatic rings. The zero-order valence-corrected chi connectivity index (χ0v) is 9.69. The van der Waals surface area contributed by atoms with Gasteiger partial charge in [0.2, 0.25) is 0 Å². The van der Waals surface area contributed by atoms with Gasteiger partial charge in [-0.25, -0.2) is 4.39 Å². The summed E-state index contributed by atoms with van der Waals surface area (Å²) < 4.78 is 13.1. The van der Waals surface area contributed by atoms with Crippen LogP contribution < -0.4 is 0 Å². The first kappa shape index (κ1) is 12.0. The van der Waals surface area contributed by atoms with E-state index in [0.29, 0.717) is 13.1 Å². The highest BCUT2D eigenvalue weighted by atomic mass is 19.1. The third-order valence-electron chi connectivity index (χ3n) is 3.26. The smallest absolute Gasteiger partial charge is 0.309 e. The predicted octanol–water partition coefficient (Wildman–Crippen LogP) is 2.09. The number of hydrogen-bond acceptors (Lipinski definition) is 2. The third kappa shape index (κ3) is 2.47. The molecular formula is C13H15FNO2. The molecule has 0 saturated carbocycles. The topological polar surface area (TPSA) is 40.5 Å². The highest BCUT2D eigenvalue weighted by Crippen LogP contribution is 2.31. The highest BCUT2D eigenvalue weighted by Gasteiger charge is 2.36. The van der Waals surface area contributed by atoms with E-state index in [4.69, 9.17) is 5.11 Å². The van der Waals surface area contributed by atoms with Gasteiger partial charge in [0.1, 0.15) is 5.82 Å². The Kier molecular flexibility index (Phi) is 3.43. The number of nitrogens with zero attached hydrogens (tertiary/aromatic N) is 1. The van der Waals surface area contributed by atoms with Crippen molar-refractivity contribution in [2.75, 3.05) is 13.1 Å². The van der Waals surface area contributed by atoms with Gasteiger partial charge in [-0.3, -0.25) is 9.69 Å². The molecule has 1 atom stereocenters. The van der Waals surface area contributed by atoms with Crippen LogP contribution in [-0.2, 0) is 4.79 Å². The third-order valence-corrected chi connectivity index (χ3v) is 3.26. The zero-order chi connectivity index (χ0) is 12.4. The number of carboxylic acids is 1.